The Morgan fingerprint density at radius 3 is 2.43 bits per heavy atom. The number of halogens is 3. The zero-order chi connectivity index (χ0) is 16.0. The highest BCUT2D eigenvalue weighted by molar-refractivity contribution is 9.10. The van der Waals surface area contributed by atoms with Crippen LogP contribution in [0.15, 0.2) is 16.6 Å². The van der Waals surface area contributed by atoms with Crippen molar-refractivity contribution in [1.82, 2.24) is 5.32 Å². The molecule has 9 heteroatoms. The summed E-state index contributed by atoms with van der Waals surface area (Å²) in [6.07, 6.45) is 2.19. The molecule has 0 bridgehead atoms. The van der Waals surface area contributed by atoms with E-state index in [9.17, 15) is 9.59 Å². The van der Waals surface area contributed by atoms with E-state index in [2.05, 4.69) is 26.6 Å². The fraction of sp³-hybridized carbons (Fsp3) is 0.333. The predicted octanol–water partition coefficient (Wildman–Crippen LogP) is 4.08. The molecule has 0 fully saturated rings. The molecular weight excluding hydrogens is 403 g/mol. The van der Waals surface area contributed by atoms with Crippen LogP contribution in [0.5, 0.6) is 0 Å². The van der Waals surface area contributed by atoms with Crippen molar-refractivity contribution in [3.05, 3.63) is 26.7 Å². The molecule has 0 saturated heterocycles. The molecule has 0 heterocycles. The molecule has 5 nitrogen and oxygen atoms in total. The van der Waals surface area contributed by atoms with Gasteiger partial charge in [-0.1, -0.05) is 39.1 Å². The summed E-state index contributed by atoms with van der Waals surface area (Å²) in [7, 11) is 0. The van der Waals surface area contributed by atoms with Gasteiger partial charge in [0, 0.05) is 4.47 Å². The van der Waals surface area contributed by atoms with Crippen LogP contribution < -0.4 is 10.6 Å². The molecule has 1 aromatic rings. The van der Waals surface area contributed by atoms with Crippen molar-refractivity contribution in [2.45, 2.75) is 12.5 Å². The van der Waals surface area contributed by atoms with E-state index in [1.165, 1.54) is 11.8 Å². The number of benzene rings is 1. The van der Waals surface area contributed by atoms with Crippen molar-refractivity contribution >= 4 is 68.6 Å². The van der Waals surface area contributed by atoms with Gasteiger partial charge in [-0.05, 0) is 30.6 Å². The van der Waals surface area contributed by atoms with Gasteiger partial charge in [0.05, 0.1) is 15.7 Å². The fourth-order valence-electron chi connectivity index (χ4n) is 1.46. The number of carboxylic acid groups (broad SMARTS) is 1. The molecule has 2 amide bonds. The molecule has 0 aliphatic heterocycles. The van der Waals surface area contributed by atoms with Gasteiger partial charge in [-0.25, -0.2) is 9.59 Å². The van der Waals surface area contributed by atoms with E-state index in [1.807, 2.05) is 6.26 Å². The second kappa shape index (κ2) is 8.73. The van der Waals surface area contributed by atoms with Gasteiger partial charge >= 0.3 is 12.0 Å². The van der Waals surface area contributed by atoms with Crippen molar-refractivity contribution in [2.24, 2.45) is 0 Å². The number of anilines is 1. The lowest BCUT2D eigenvalue weighted by atomic mass is 10.2. The van der Waals surface area contributed by atoms with E-state index < -0.39 is 18.0 Å². The summed E-state index contributed by atoms with van der Waals surface area (Å²) < 4.78 is 0.673. The first-order chi connectivity index (χ1) is 9.85. The lowest BCUT2D eigenvalue weighted by molar-refractivity contribution is -0.139. The van der Waals surface area contributed by atoms with Crippen LogP contribution in [-0.4, -0.2) is 35.2 Å². The van der Waals surface area contributed by atoms with Gasteiger partial charge in [0.2, 0.25) is 0 Å². The molecule has 0 saturated carbocycles. The number of carbonyl (C=O) groups is 2. The van der Waals surface area contributed by atoms with E-state index in [0.29, 0.717) is 16.6 Å². The molecule has 0 aromatic heterocycles. The topological polar surface area (TPSA) is 78.4 Å². The second-order valence-corrected chi connectivity index (χ2v) is 6.73. The Kier molecular flexibility index (Phi) is 7.65. The van der Waals surface area contributed by atoms with Crippen molar-refractivity contribution in [3.63, 3.8) is 0 Å². The molecule has 0 radical (unpaired) electrons. The Bertz CT molecular complexity index is 522. The highest BCUT2D eigenvalue weighted by Gasteiger charge is 2.20. The minimum atomic E-state index is -1.09. The van der Waals surface area contributed by atoms with Crippen LogP contribution in [0.3, 0.4) is 0 Å². The van der Waals surface area contributed by atoms with Crippen molar-refractivity contribution in [3.8, 4) is 0 Å². The third-order valence-electron chi connectivity index (χ3n) is 2.46. The lowest BCUT2D eigenvalue weighted by Crippen LogP contribution is -2.43. The van der Waals surface area contributed by atoms with Gasteiger partial charge in [-0.15, -0.1) is 0 Å². The molecule has 116 valence electrons. The molecule has 1 aromatic carbocycles. The predicted molar refractivity (Wildman–Crippen MR) is 90.7 cm³/mol. The number of amides is 2. The number of thioether (sulfide) groups is 1. The van der Waals surface area contributed by atoms with Crippen LogP contribution in [0.4, 0.5) is 10.5 Å². The fourth-order valence-corrected chi connectivity index (χ4v) is 3.24. The molecule has 0 spiro atoms. The van der Waals surface area contributed by atoms with Gasteiger partial charge in [-0.3, -0.25) is 0 Å². The number of aliphatic carboxylic acids is 1. The lowest BCUT2D eigenvalue weighted by Gasteiger charge is -2.16. The third-order valence-corrected chi connectivity index (χ3v) is 4.16. The second-order valence-electron chi connectivity index (χ2n) is 4.02. The van der Waals surface area contributed by atoms with Gasteiger partial charge < -0.3 is 15.7 Å². The number of urea groups is 1. The highest BCUT2D eigenvalue weighted by Crippen LogP contribution is 2.33. The molecule has 0 aliphatic carbocycles. The summed E-state index contributed by atoms with van der Waals surface area (Å²) in [6.45, 7) is 0. The number of hydrogen-bond acceptors (Lipinski definition) is 3. The highest BCUT2D eigenvalue weighted by atomic mass is 79.9. The van der Waals surface area contributed by atoms with Gasteiger partial charge in [0.25, 0.3) is 0 Å². The maximum absolute atomic E-state index is 11.9. The summed E-state index contributed by atoms with van der Waals surface area (Å²) >= 11 is 16.7. The number of rotatable bonds is 6. The van der Waals surface area contributed by atoms with Gasteiger partial charge in [0.1, 0.15) is 6.04 Å². The van der Waals surface area contributed by atoms with Gasteiger partial charge in [-0.2, -0.15) is 11.8 Å². The maximum Gasteiger partial charge on any atom is 0.326 e. The average molecular weight is 416 g/mol. The van der Waals surface area contributed by atoms with Crippen LogP contribution in [-0.2, 0) is 4.79 Å². The standard InChI is InChI=1S/C12H13BrCl2N2O3S/c1-21-3-2-9(11(18)19)16-12(20)17-10-7(14)4-6(13)5-8(10)15/h4-5,9H,2-3H2,1H3,(H,18,19)(H2,16,17,20)/t9-/m1/s1. The van der Waals surface area contributed by atoms with E-state index in [-0.39, 0.29) is 15.7 Å². The quantitative estimate of drug-likeness (QED) is 0.653. The first-order valence-electron chi connectivity index (χ1n) is 5.79. The Balaban J connectivity index is 2.74. The first kappa shape index (κ1) is 18.4. The summed E-state index contributed by atoms with van der Waals surface area (Å²) in [4.78, 5) is 22.9. The molecule has 0 aliphatic rings. The van der Waals surface area contributed by atoms with Crippen molar-refractivity contribution < 1.29 is 14.7 Å². The minimum absolute atomic E-state index is 0.230. The van der Waals surface area contributed by atoms with Crippen molar-refractivity contribution in [2.75, 3.05) is 17.3 Å². The summed E-state index contributed by atoms with van der Waals surface area (Å²) in [5, 5.41) is 14.4. The number of carbonyl (C=O) groups excluding carboxylic acids is 1. The molecule has 3 N–H and O–H groups in total. The van der Waals surface area contributed by atoms with Crippen LogP contribution in [0.25, 0.3) is 0 Å². The van der Waals surface area contributed by atoms with E-state index in [1.54, 1.807) is 12.1 Å². The maximum atomic E-state index is 11.9. The summed E-state index contributed by atoms with van der Waals surface area (Å²) in [6, 6.07) is 1.51. The largest absolute Gasteiger partial charge is 0.480 e. The zero-order valence-electron chi connectivity index (χ0n) is 11.0. The van der Waals surface area contributed by atoms with Crippen LogP contribution >= 0.6 is 50.9 Å². The Morgan fingerprint density at radius 1 is 1.38 bits per heavy atom. The molecule has 1 atom stereocenters. The number of nitrogens with one attached hydrogen (secondary N) is 2. The normalized spacial score (nSPS) is 11.8. The van der Waals surface area contributed by atoms with Crippen LogP contribution in [0, 0.1) is 0 Å². The summed E-state index contributed by atoms with van der Waals surface area (Å²) in [5.41, 5.74) is 0.230. The third kappa shape index (κ3) is 5.94. The monoisotopic (exact) mass is 414 g/mol. The summed E-state index contributed by atoms with van der Waals surface area (Å²) in [5.74, 6) is -0.468. The van der Waals surface area contributed by atoms with E-state index >= 15 is 0 Å². The molecule has 21 heavy (non-hydrogen) atoms. The van der Waals surface area contributed by atoms with Gasteiger partial charge in [0.15, 0.2) is 0 Å². The van der Waals surface area contributed by atoms with Crippen molar-refractivity contribution in [1.29, 1.82) is 0 Å². The van der Waals surface area contributed by atoms with E-state index in [0.717, 1.165) is 0 Å². The minimum Gasteiger partial charge on any atom is -0.480 e. The SMILES string of the molecule is CSCC[C@@H](NC(=O)Nc1c(Cl)cc(Br)cc1Cl)C(=O)O. The smallest absolute Gasteiger partial charge is 0.326 e. The molecule has 1 rings (SSSR count). The zero-order valence-corrected chi connectivity index (χ0v) is 14.9. The van der Waals surface area contributed by atoms with E-state index in [4.69, 9.17) is 28.3 Å². The first-order valence-corrected chi connectivity index (χ1v) is 8.73. The average Bonchev–Trinajstić information content (AvgIpc) is 2.38. The number of hydrogen-bond donors (Lipinski definition) is 3. The Morgan fingerprint density at radius 2 is 1.95 bits per heavy atom. The van der Waals surface area contributed by atoms with Crippen LogP contribution in [0.1, 0.15) is 6.42 Å². The Hall–Kier alpha value is -0.630. The molecule has 0 unspecified atom stereocenters. The Labute approximate surface area is 144 Å². The number of carboxylic acids is 1. The molecular formula is C12H13BrCl2N2O3S. The van der Waals surface area contributed by atoms with Crippen LogP contribution in [0.2, 0.25) is 10.0 Å².